The predicted octanol–water partition coefficient (Wildman–Crippen LogP) is 1.99. The lowest BCUT2D eigenvalue weighted by Gasteiger charge is -2.20. The van der Waals surface area contributed by atoms with Gasteiger partial charge in [0, 0.05) is 5.92 Å². The van der Waals surface area contributed by atoms with E-state index < -0.39 is 0 Å². The lowest BCUT2D eigenvalue weighted by atomic mass is 9.85. The van der Waals surface area contributed by atoms with Gasteiger partial charge in [0.25, 0.3) is 5.28 Å². The number of hydrogen-bond acceptors (Lipinski definition) is 3. The summed E-state index contributed by atoms with van der Waals surface area (Å²) in [6.45, 7) is 0. The molecule has 1 saturated carbocycles. The molecule has 3 nitrogen and oxygen atoms in total. The number of aromatic nitrogens is 2. The molecular formula is C6H7ClN2O. The summed E-state index contributed by atoms with van der Waals surface area (Å²) < 4.78 is 4.88. The molecule has 1 aromatic rings. The average Bonchev–Trinajstić information content (AvgIpc) is 2.10. The third kappa shape index (κ3) is 0.904. The summed E-state index contributed by atoms with van der Waals surface area (Å²) in [5.41, 5.74) is 0. The predicted molar refractivity (Wildman–Crippen MR) is 35.9 cm³/mol. The molecule has 54 valence electrons. The van der Waals surface area contributed by atoms with Crippen LogP contribution in [0.1, 0.15) is 31.1 Å². The van der Waals surface area contributed by atoms with E-state index in [2.05, 4.69) is 10.1 Å². The number of nitrogens with zero attached hydrogens (tertiary/aromatic N) is 2. The van der Waals surface area contributed by atoms with Crippen LogP contribution in [0.3, 0.4) is 0 Å². The monoisotopic (exact) mass is 158 g/mol. The van der Waals surface area contributed by atoms with E-state index in [0.717, 1.165) is 0 Å². The van der Waals surface area contributed by atoms with Crippen molar-refractivity contribution in [1.29, 1.82) is 0 Å². The van der Waals surface area contributed by atoms with Gasteiger partial charge in [-0.05, 0) is 29.6 Å². The van der Waals surface area contributed by atoms with E-state index in [9.17, 15) is 0 Å². The summed E-state index contributed by atoms with van der Waals surface area (Å²) in [5.74, 6) is 1.19. The maximum absolute atomic E-state index is 5.47. The van der Waals surface area contributed by atoms with E-state index in [1.807, 2.05) is 0 Å². The van der Waals surface area contributed by atoms with Crippen LogP contribution in [-0.4, -0.2) is 10.1 Å². The minimum absolute atomic E-state index is 0.224. The van der Waals surface area contributed by atoms with Crippen LogP contribution < -0.4 is 0 Å². The lowest BCUT2D eigenvalue weighted by molar-refractivity contribution is 0.292. The summed E-state index contributed by atoms with van der Waals surface area (Å²) in [7, 11) is 0. The van der Waals surface area contributed by atoms with Gasteiger partial charge >= 0.3 is 0 Å². The van der Waals surface area contributed by atoms with Crippen molar-refractivity contribution in [2.75, 3.05) is 0 Å². The second kappa shape index (κ2) is 2.23. The molecule has 1 aliphatic carbocycles. The Hall–Kier alpha value is -0.570. The first-order chi connectivity index (χ1) is 4.86. The molecule has 4 heteroatoms. The average molecular weight is 159 g/mol. The summed E-state index contributed by atoms with van der Waals surface area (Å²) in [4.78, 5) is 3.92. The lowest BCUT2D eigenvalue weighted by Crippen LogP contribution is -2.08. The highest BCUT2D eigenvalue weighted by Gasteiger charge is 2.24. The number of hydrogen-bond donors (Lipinski definition) is 0. The molecule has 1 heterocycles. The van der Waals surface area contributed by atoms with Crippen LogP contribution >= 0.6 is 11.6 Å². The third-order valence-corrected chi connectivity index (χ3v) is 2.02. The Balaban J connectivity index is 2.17. The number of rotatable bonds is 1. The van der Waals surface area contributed by atoms with E-state index >= 15 is 0 Å². The van der Waals surface area contributed by atoms with Gasteiger partial charge in [0.2, 0.25) is 5.89 Å². The molecule has 0 atom stereocenters. The minimum Gasteiger partial charge on any atom is -0.338 e. The molecule has 0 bridgehead atoms. The van der Waals surface area contributed by atoms with Gasteiger partial charge in [-0.2, -0.15) is 4.98 Å². The Kier molecular flexibility index (Phi) is 1.38. The number of halogens is 1. The molecule has 0 aromatic carbocycles. The molecule has 0 unspecified atom stereocenters. The second-order valence-corrected chi connectivity index (χ2v) is 2.87. The van der Waals surface area contributed by atoms with Gasteiger partial charge in [-0.1, -0.05) is 6.42 Å². The van der Waals surface area contributed by atoms with Crippen molar-refractivity contribution in [3.63, 3.8) is 0 Å². The molecular weight excluding hydrogens is 152 g/mol. The quantitative estimate of drug-likeness (QED) is 0.628. The first kappa shape index (κ1) is 6.16. The van der Waals surface area contributed by atoms with E-state index in [1.54, 1.807) is 0 Å². The summed E-state index contributed by atoms with van der Waals surface area (Å²) in [6, 6.07) is 0. The van der Waals surface area contributed by atoms with Crippen molar-refractivity contribution in [3.8, 4) is 0 Å². The van der Waals surface area contributed by atoms with Crippen LogP contribution in [-0.2, 0) is 0 Å². The maximum atomic E-state index is 5.47. The highest BCUT2D eigenvalue weighted by Crippen LogP contribution is 2.35. The highest BCUT2D eigenvalue weighted by molar-refractivity contribution is 6.28. The summed E-state index contributed by atoms with van der Waals surface area (Å²) in [5, 5.41) is 3.72. The zero-order valence-corrected chi connectivity index (χ0v) is 6.14. The fourth-order valence-corrected chi connectivity index (χ4v) is 1.16. The standard InChI is InChI=1S/C6H7ClN2O/c7-6-8-5(10-9-6)4-2-1-3-4/h4H,1-3H2. The Bertz CT molecular complexity index is 231. The smallest absolute Gasteiger partial charge is 0.263 e. The normalized spacial score (nSPS) is 18.9. The van der Waals surface area contributed by atoms with Crippen LogP contribution in [0.4, 0.5) is 0 Å². The van der Waals surface area contributed by atoms with E-state index in [0.29, 0.717) is 11.8 Å². The van der Waals surface area contributed by atoms with Crippen molar-refractivity contribution < 1.29 is 4.52 Å². The molecule has 0 radical (unpaired) electrons. The third-order valence-electron chi connectivity index (χ3n) is 1.87. The SMILES string of the molecule is Clc1noc(C2CCC2)n1. The first-order valence-electron chi connectivity index (χ1n) is 3.35. The topological polar surface area (TPSA) is 38.9 Å². The highest BCUT2D eigenvalue weighted by atomic mass is 35.5. The molecule has 1 aliphatic rings. The minimum atomic E-state index is 0.224. The molecule has 1 aromatic heterocycles. The molecule has 0 aliphatic heterocycles. The van der Waals surface area contributed by atoms with Gasteiger partial charge in [0.1, 0.15) is 0 Å². The van der Waals surface area contributed by atoms with Crippen molar-refractivity contribution in [2.45, 2.75) is 25.2 Å². The Morgan fingerprint density at radius 3 is 2.70 bits per heavy atom. The van der Waals surface area contributed by atoms with E-state index in [-0.39, 0.29) is 5.28 Å². The van der Waals surface area contributed by atoms with Gasteiger partial charge in [-0.15, -0.1) is 0 Å². The molecule has 0 spiro atoms. The summed E-state index contributed by atoms with van der Waals surface area (Å²) >= 11 is 5.47. The van der Waals surface area contributed by atoms with Gasteiger partial charge in [-0.25, -0.2) is 0 Å². The van der Waals surface area contributed by atoms with Crippen LogP contribution in [0.2, 0.25) is 5.28 Å². The van der Waals surface area contributed by atoms with Gasteiger partial charge in [-0.3, -0.25) is 0 Å². The van der Waals surface area contributed by atoms with Gasteiger partial charge in [0.05, 0.1) is 0 Å². The summed E-state index contributed by atoms with van der Waals surface area (Å²) in [6.07, 6.45) is 3.60. The molecule has 0 N–H and O–H groups in total. The van der Waals surface area contributed by atoms with Crippen LogP contribution in [0.15, 0.2) is 4.52 Å². The molecule has 1 fully saturated rings. The fourth-order valence-electron chi connectivity index (χ4n) is 1.04. The molecule has 0 amide bonds. The van der Waals surface area contributed by atoms with Crippen molar-refractivity contribution >= 4 is 11.6 Å². The van der Waals surface area contributed by atoms with Crippen LogP contribution in [0.25, 0.3) is 0 Å². The Morgan fingerprint density at radius 1 is 1.50 bits per heavy atom. The maximum Gasteiger partial charge on any atom is 0.263 e. The fraction of sp³-hybridized carbons (Fsp3) is 0.667. The van der Waals surface area contributed by atoms with E-state index in [1.165, 1.54) is 19.3 Å². The van der Waals surface area contributed by atoms with Crippen molar-refractivity contribution in [1.82, 2.24) is 10.1 Å². The zero-order valence-electron chi connectivity index (χ0n) is 5.38. The van der Waals surface area contributed by atoms with Crippen molar-refractivity contribution in [3.05, 3.63) is 11.2 Å². The van der Waals surface area contributed by atoms with Gasteiger partial charge in [0.15, 0.2) is 0 Å². The van der Waals surface area contributed by atoms with E-state index in [4.69, 9.17) is 16.1 Å². The van der Waals surface area contributed by atoms with Crippen molar-refractivity contribution in [2.24, 2.45) is 0 Å². The second-order valence-electron chi connectivity index (χ2n) is 2.53. The molecule has 10 heavy (non-hydrogen) atoms. The Morgan fingerprint density at radius 2 is 2.30 bits per heavy atom. The van der Waals surface area contributed by atoms with Crippen LogP contribution in [0, 0.1) is 0 Å². The molecule has 0 saturated heterocycles. The Labute approximate surface area is 63.4 Å². The molecule has 2 rings (SSSR count). The van der Waals surface area contributed by atoms with Crippen LogP contribution in [0.5, 0.6) is 0 Å². The van der Waals surface area contributed by atoms with Gasteiger partial charge < -0.3 is 4.52 Å². The largest absolute Gasteiger partial charge is 0.338 e. The first-order valence-corrected chi connectivity index (χ1v) is 3.73. The zero-order chi connectivity index (χ0) is 6.97.